The molecule has 2 nitrogen and oxygen atoms in total. The van der Waals surface area contributed by atoms with Gasteiger partial charge in [0.15, 0.2) is 5.78 Å². The molecular formula is C28H31NO. The first-order chi connectivity index (χ1) is 14.5. The van der Waals surface area contributed by atoms with Crippen LogP contribution in [0.4, 0.5) is 5.69 Å². The lowest BCUT2D eigenvalue weighted by atomic mass is 10.1. The molecule has 0 aliphatic carbocycles. The molecular weight excluding hydrogens is 366 g/mol. The highest BCUT2D eigenvalue weighted by atomic mass is 16.1. The largest absolute Gasteiger partial charge is 0.363 e. The summed E-state index contributed by atoms with van der Waals surface area (Å²) < 4.78 is 0. The molecule has 0 N–H and O–H groups in total. The summed E-state index contributed by atoms with van der Waals surface area (Å²) in [4.78, 5) is 13.6. The lowest BCUT2D eigenvalue weighted by Gasteiger charge is -2.27. The first kappa shape index (κ1) is 22.9. The molecule has 2 heteroatoms. The molecule has 0 fully saturated rings. The number of carbonyl (C=O) groups excluding carboxylic acids is 1. The van der Waals surface area contributed by atoms with Gasteiger partial charge in [0.1, 0.15) is 0 Å². The summed E-state index contributed by atoms with van der Waals surface area (Å²) in [6.45, 7) is 13.5. The molecule has 0 unspecified atom stereocenters. The Morgan fingerprint density at radius 1 is 0.867 bits per heavy atom. The first-order valence-electron chi connectivity index (χ1n) is 10.1. The summed E-state index contributed by atoms with van der Waals surface area (Å²) in [5.41, 5.74) is 7.35. The molecule has 3 aromatic carbocycles. The quantitative estimate of drug-likeness (QED) is 0.319. The number of carbonyl (C=O) groups is 1. The molecule has 0 aliphatic rings. The van der Waals surface area contributed by atoms with Crippen LogP contribution >= 0.6 is 0 Å². The summed E-state index contributed by atoms with van der Waals surface area (Å²) in [6, 6.07) is 25.6. The molecule has 154 valence electrons. The second-order valence-corrected chi connectivity index (χ2v) is 7.32. The van der Waals surface area contributed by atoms with Gasteiger partial charge in [0.2, 0.25) is 0 Å². The Kier molecular flexibility index (Phi) is 8.83. The molecule has 0 saturated heterocycles. The smallest absolute Gasteiger partial charge is 0.152 e. The van der Waals surface area contributed by atoms with Crippen molar-refractivity contribution in [2.45, 2.75) is 33.9 Å². The van der Waals surface area contributed by atoms with Crippen LogP contribution < -0.4 is 4.90 Å². The number of nitrogens with zero attached hydrogens (tertiary/aromatic N) is 1. The van der Waals surface area contributed by atoms with Crippen molar-refractivity contribution in [3.05, 3.63) is 120 Å². The van der Waals surface area contributed by atoms with E-state index in [1.165, 1.54) is 27.9 Å². The van der Waals surface area contributed by atoms with Crippen LogP contribution in [0, 0.1) is 13.8 Å². The third-order valence-electron chi connectivity index (χ3n) is 4.79. The van der Waals surface area contributed by atoms with Gasteiger partial charge in [-0.1, -0.05) is 72.3 Å². The molecule has 0 heterocycles. The Bertz CT molecular complexity index is 986. The molecule has 30 heavy (non-hydrogen) atoms. The van der Waals surface area contributed by atoms with E-state index >= 15 is 0 Å². The zero-order chi connectivity index (χ0) is 21.9. The Labute approximate surface area is 181 Å². The maximum absolute atomic E-state index is 11.2. The van der Waals surface area contributed by atoms with Crippen molar-refractivity contribution in [3.8, 4) is 0 Å². The number of allylic oxidation sites excluding steroid dienone is 1. The molecule has 0 atom stereocenters. The lowest BCUT2D eigenvalue weighted by molar-refractivity contribution is -0.112. The van der Waals surface area contributed by atoms with Gasteiger partial charge in [-0.3, -0.25) is 4.79 Å². The minimum Gasteiger partial charge on any atom is -0.363 e. The number of hydrogen-bond donors (Lipinski definition) is 0. The maximum atomic E-state index is 11.2. The van der Waals surface area contributed by atoms with Crippen molar-refractivity contribution in [1.82, 2.24) is 0 Å². The highest BCUT2D eigenvalue weighted by molar-refractivity contribution is 5.91. The second-order valence-electron chi connectivity index (χ2n) is 7.32. The average Bonchev–Trinajstić information content (AvgIpc) is 2.75. The lowest BCUT2D eigenvalue weighted by Crippen LogP contribution is -2.23. The van der Waals surface area contributed by atoms with E-state index in [2.05, 4.69) is 98.6 Å². The van der Waals surface area contributed by atoms with Gasteiger partial charge >= 0.3 is 0 Å². The molecule has 0 saturated carbocycles. The molecule has 3 rings (SSSR count). The number of anilines is 1. The average molecular weight is 398 g/mol. The van der Waals surface area contributed by atoms with Crippen LogP contribution in [0.25, 0.3) is 6.08 Å². The van der Waals surface area contributed by atoms with E-state index in [0.717, 1.165) is 18.7 Å². The normalized spacial score (nSPS) is 10.4. The fourth-order valence-corrected chi connectivity index (χ4v) is 3.29. The molecule has 0 bridgehead atoms. The summed E-state index contributed by atoms with van der Waals surface area (Å²) >= 11 is 0. The predicted octanol–water partition coefficient (Wildman–Crippen LogP) is 6.91. The van der Waals surface area contributed by atoms with Gasteiger partial charge in [-0.25, -0.2) is 0 Å². The van der Waals surface area contributed by atoms with Crippen molar-refractivity contribution in [3.63, 3.8) is 0 Å². The van der Waals surface area contributed by atoms with Crippen LogP contribution in [-0.2, 0) is 17.9 Å². The number of rotatable bonds is 7. The van der Waals surface area contributed by atoms with Crippen molar-refractivity contribution in [2.24, 2.45) is 0 Å². The van der Waals surface area contributed by atoms with Crippen molar-refractivity contribution >= 4 is 17.5 Å². The Morgan fingerprint density at radius 2 is 1.53 bits per heavy atom. The number of para-hydroxylation sites is 1. The van der Waals surface area contributed by atoms with Crippen LogP contribution in [0.5, 0.6) is 0 Å². The van der Waals surface area contributed by atoms with Gasteiger partial charge in [-0.15, -0.1) is 13.2 Å². The first-order valence-corrected chi connectivity index (χ1v) is 10.1. The Morgan fingerprint density at radius 3 is 2.20 bits per heavy atom. The third kappa shape index (κ3) is 6.89. The van der Waals surface area contributed by atoms with Gasteiger partial charge in [-0.2, -0.15) is 0 Å². The highest BCUT2D eigenvalue weighted by Crippen LogP contribution is 2.24. The number of aryl methyl sites for hydroxylation is 2. The third-order valence-corrected chi connectivity index (χ3v) is 4.79. The van der Waals surface area contributed by atoms with Crippen LogP contribution in [0.2, 0.25) is 0 Å². The van der Waals surface area contributed by atoms with Crippen LogP contribution in [0.15, 0.2) is 92.0 Å². The fourth-order valence-electron chi connectivity index (χ4n) is 3.29. The molecule has 0 spiro atoms. The minimum absolute atomic E-state index is 0.0614. The standard InChI is InChI=1S/C26H27NO.C2H4/c1-20-11-14-24(15-12-20)18-27(26-10-5-4-7-21(26)2)19-25-9-6-8-23(17-25)16-13-22(3)28;1-2/h4-17H,18-19H2,1-3H3;1-2H2/b16-13+;. The Hall–Kier alpha value is -3.39. The van der Waals surface area contributed by atoms with E-state index in [0.29, 0.717) is 0 Å². The van der Waals surface area contributed by atoms with E-state index in [9.17, 15) is 4.79 Å². The van der Waals surface area contributed by atoms with E-state index in [1.54, 1.807) is 13.0 Å². The Balaban J connectivity index is 0.00000155. The van der Waals surface area contributed by atoms with Crippen LogP contribution in [0.3, 0.4) is 0 Å². The zero-order valence-electron chi connectivity index (χ0n) is 18.3. The van der Waals surface area contributed by atoms with E-state index in [1.807, 2.05) is 12.1 Å². The monoisotopic (exact) mass is 397 g/mol. The zero-order valence-corrected chi connectivity index (χ0v) is 18.3. The molecule has 3 aromatic rings. The summed E-state index contributed by atoms with van der Waals surface area (Å²) in [7, 11) is 0. The fraction of sp³-hybridized carbons (Fsp3) is 0.179. The van der Waals surface area contributed by atoms with Crippen LogP contribution in [-0.4, -0.2) is 5.78 Å². The molecule has 0 amide bonds. The summed E-state index contributed by atoms with van der Waals surface area (Å²) in [6.07, 6.45) is 3.49. The summed E-state index contributed by atoms with van der Waals surface area (Å²) in [5, 5.41) is 0. The topological polar surface area (TPSA) is 20.3 Å². The minimum atomic E-state index is 0.0614. The summed E-state index contributed by atoms with van der Waals surface area (Å²) in [5.74, 6) is 0.0614. The highest BCUT2D eigenvalue weighted by Gasteiger charge is 2.11. The van der Waals surface area contributed by atoms with Gasteiger partial charge < -0.3 is 4.90 Å². The van der Waals surface area contributed by atoms with E-state index < -0.39 is 0 Å². The van der Waals surface area contributed by atoms with Gasteiger partial charge in [-0.05, 0) is 61.2 Å². The van der Waals surface area contributed by atoms with Gasteiger partial charge in [0.25, 0.3) is 0 Å². The predicted molar refractivity (Wildman–Crippen MR) is 130 cm³/mol. The van der Waals surface area contributed by atoms with Crippen molar-refractivity contribution in [1.29, 1.82) is 0 Å². The van der Waals surface area contributed by atoms with E-state index in [4.69, 9.17) is 0 Å². The van der Waals surface area contributed by atoms with Gasteiger partial charge in [0.05, 0.1) is 0 Å². The molecule has 0 aromatic heterocycles. The molecule has 0 radical (unpaired) electrons. The maximum Gasteiger partial charge on any atom is 0.152 e. The SMILES string of the molecule is C=C.CC(=O)/C=C/c1cccc(CN(Cc2ccc(C)cc2)c2ccccc2C)c1. The second kappa shape index (κ2) is 11.6. The van der Waals surface area contributed by atoms with Crippen molar-refractivity contribution in [2.75, 3.05) is 4.90 Å². The van der Waals surface area contributed by atoms with E-state index in [-0.39, 0.29) is 5.78 Å². The van der Waals surface area contributed by atoms with Crippen LogP contribution in [0.1, 0.15) is 34.7 Å². The van der Waals surface area contributed by atoms with Crippen molar-refractivity contribution < 1.29 is 4.79 Å². The number of hydrogen-bond acceptors (Lipinski definition) is 2. The van der Waals surface area contributed by atoms with Gasteiger partial charge in [0, 0.05) is 18.8 Å². The molecule has 0 aliphatic heterocycles. The number of benzene rings is 3. The number of ketones is 1.